The van der Waals surface area contributed by atoms with Crippen molar-refractivity contribution in [2.75, 3.05) is 6.54 Å². The highest BCUT2D eigenvalue weighted by Crippen LogP contribution is 2.20. The molecular formula is C15H14FN3O2S. The van der Waals surface area contributed by atoms with E-state index in [0.717, 1.165) is 10.4 Å². The van der Waals surface area contributed by atoms with E-state index in [9.17, 15) is 12.8 Å². The van der Waals surface area contributed by atoms with Crippen LogP contribution < -0.4 is 0 Å². The highest BCUT2D eigenvalue weighted by molar-refractivity contribution is 7.89. The number of nitrogens with zero attached hydrogens (tertiary/aromatic N) is 3. The molecule has 0 aliphatic rings. The Kier molecular flexibility index (Phi) is 5.20. The van der Waals surface area contributed by atoms with Crippen molar-refractivity contribution in [1.29, 1.82) is 5.26 Å². The van der Waals surface area contributed by atoms with Crippen LogP contribution >= 0.6 is 0 Å². The van der Waals surface area contributed by atoms with Gasteiger partial charge < -0.3 is 0 Å². The first-order valence-corrected chi connectivity index (χ1v) is 8.01. The molecule has 114 valence electrons. The Balaban J connectivity index is 2.36. The highest BCUT2D eigenvalue weighted by Gasteiger charge is 2.27. The molecule has 0 atom stereocenters. The summed E-state index contributed by atoms with van der Waals surface area (Å²) in [6.07, 6.45) is 1.56. The minimum Gasteiger partial charge on any atom is -0.260 e. The van der Waals surface area contributed by atoms with Crippen molar-refractivity contribution < 1.29 is 12.8 Å². The monoisotopic (exact) mass is 319 g/mol. The van der Waals surface area contributed by atoms with Gasteiger partial charge >= 0.3 is 0 Å². The van der Waals surface area contributed by atoms with E-state index in [1.165, 1.54) is 18.2 Å². The second-order valence-corrected chi connectivity index (χ2v) is 6.40. The van der Waals surface area contributed by atoms with Crippen LogP contribution in [-0.4, -0.2) is 24.3 Å². The summed E-state index contributed by atoms with van der Waals surface area (Å²) in [5, 5.41) is 8.71. The summed E-state index contributed by atoms with van der Waals surface area (Å²) in [5.41, 5.74) is 0.528. The first kappa shape index (κ1) is 16.1. The van der Waals surface area contributed by atoms with Gasteiger partial charge in [-0.2, -0.15) is 9.57 Å². The van der Waals surface area contributed by atoms with Crippen molar-refractivity contribution in [3.8, 4) is 6.07 Å². The second kappa shape index (κ2) is 7.11. The fourth-order valence-electron chi connectivity index (χ4n) is 1.92. The third kappa shape index (κ3) is 3.67. The number of nitriles is 1. The molecule has 1 aromatic heterocycles. The van der Waals surface area contributed by atoms with Gasteiger partial charge in [0.2, 0.25) is 10.0 Å². The molecule has 0 bridgehead atoms. The molecule has 0 radical (unpaired) electrons. The van der Waals surface area contributed by atoms with Crippen LogP contribution in [0.3, 0.4) is 0 Å². The van der Waals surface area contributed by atoms with Gasteiger partial charge in [0.05, 0.1) is 18.3 Å². The van der Waals surface area contributed by atoms with Gasteiger partial charge in [-0.1, -0.05) is 18.2 Å². The van der Waals surface area contributed by atoms with Crippen LogP contribution in [0.1, 0.15) is 12.1 Å². The highest BCUT2D eigenvalue weighted by atomic mass is 32.2. The summed E-state index contributed by atoms with van der Waals surface area (Å²) in [5.74, 6) is -0.814. The number of rotatable bonds is 6. The molecule has 1 heterocycles. The summed E-state index contributed by atoms with van der Waals surface area (Å²) in [7, 11) is -4.03. The van der Waals surface area contributed by atoms with Crippen LogP contribution in [0.25, 0.3) is 0 Å². The lowest BCUT2D eigenvalue weighted by molar-refractivity contribution is 0.405. The summed E-state index contributed by atoms with van der Waals surface area (Å²) < 4.78 is 40.1. The Hall–Kier alpha value is -2.30. The topological polar surface area (TPSA) is 74.1 Å². The molecular weight excluding hydrogens is 305 g/mol. The average molecular weight is 319 g/mol. The molecule has 0 fully saturated rings. The van der Waals surface area contributed by atoms with Gasteiger partial charge in [0, 0.05) is 19.2 Å². The molecule has 2 aromatic rings. The molecule has 1 aromatic carbocycles. The third-order valence-electron chi connectivity index (χ3n) is 2.99. The Labute approximate surface area is 128 Å². The van der Waals surface area contributed by atoms with E-state index in [4.69, 9.17) is 5.26 Å². The minimum absolute atomic E-state index is 0.0144. The molecule has 0 aliphatic carbocycles. The van der Waals surface area contributed by atoms with Crippen LogP contribution in [0, 0.1) is 17.1 Å². The van der Waals surface area contributed by atoms with Crippen molar-refractivity contribution in [3.63, 3.8) is 0 Å². The van der Waals surface area contributed by atoms with Gasteiger partial charge in [-0.15, -0.1) is 0 Å². The minimum atomic E-state index is -4.03. The van der Waals surface area contributed by atoms with E-state index >= 15 is 0 Å². The SMILES string of the molecule is N#CCCN(Cc1ccccn1)S(=O)(=O)c1ccccc1F. The summed E-state index contributed by atoms with van der Waals surface area (Å²) in [6, 6.07) is 12.2. The van der Waals surface area contributed by atoms with Gasteiger partial charge in [-0.25, -0.2) is 12.8 Å². The lowest BCUT2D eigenvalue weighted by Crippen LogP contribution is -2.32. The molecule has 0 unspecified atom stereocenters. The van der Waals surface area contributed by atoms with Crippen LogP contribution in [-0.2, 0) is 16.6 Å². The molecule has 0 saturated heterocycles. The Bertz CT molecular complexity index is 773. The second-order valence-electron chi connectivity index (χ2n) is 4.50. The van der Waals surface area contributed by atoms with Crippen molar-refractivity contribution >= 4 is 10.0 Å². The Morgan fingerprint density at radius 3 is 2.55 bits per heavy atom. The standard InChI is InChI=1S/C15H14FN3O2S/c16-14-7-1-2-8-15(14)22(20,21)19(11-5-9-17)12-13-6-3-4-10-18-13/h1-4,6-8,10H,5,11-12H2. The smallest absolute Gasteiger partial charge is 0.246 e. The van der Waals surface area contributed by atoms with Gasteiger partial charge in [-0.05, 0) is 24.3 Å². The Morgan fingerprint density at radius 1 is 1.18 bits per heavy atom. The van der Waals surface area contributed by atoms with E-state index < -0.39 is 20.7 Å². The lowest BCUT2D eigenvalue weighted by atomic mass is 10.3. The van der Waals surface area contributed by atoms with Crippen molar-refractivity contribution in [2.45, 2.75) is 17.9 Å². The van der Waals surface area contributed by atoms with Crippen LogP contribution in [0.2, 0.25) is 0 Å². The summed E-state index contributed by atoms with van der Waals surface area (Å²) in [6.45, 7) is -0.0388. The number of benzene rings is 1. The fourth-order valence-corrected chi connectivity index (χ4v) is 3.40. The van der Waals surface area contributed by atoms with Crippen molar-refractivity contribution in [2.24, 2.45) is 0 Å². The summed E-state index contributed by atoms with van der Waals surface area (Å²) in [4.78, 5) is 3.67. The lowest BCUT2D eigenvalue weighted by Gasteiger charge is -2.21. The number of sulfonamides is 1. The maximum atomic E-state index is 13.8. The number of pyridine rings is 1. The molecule has 0 spiro atoms. The first-order valence-electron chi connectivity index (χ1n) is 6.57. The van der Waals surface area contributed by atoms with Gasteiger partial charge in [0.25, 0.3) is 0 Å². The fraction of sp³-hybridized carbons (Fsp3) is 0.200. The zero-order valence-electron chi connectivity index (χ0n) is 11.7. The number of hydrogen-bond acceptors (Lipinski definition) is 4. The molecule has 0 amide bonds. The van der Waals surface area contributed by atoms with Gasteiger partial charge in [0.1, 0.15) is 10.7 Å². The van der Waals surface area contributed by atoms with Crippen LogP contribution in [0.5, 0.6) is 0 Å². The van der Waals surface area contributed by atoms with Gasteiger partial charge in [0.15, 0.2) is 0 Å². The molecule has 0 N–H and O–H groups in total. The van der Waals surface area contributed by atoms with E-state index in [2.05, 4.69) is 4.98 Å². The zero-order chi connectivity index (χ0) is 16.0. The molecule has 22 heavy (non-hydrogen) atoms. The number of aromatic nitrogens is 1. The predicted octanol–water partition coefficient (Wildman–Crippen LogP) is 2.33. The van der Waals surface area contributed by atoms with Gasteiger partial charge in [-0.3, -0.25) is 4.98 Å². The predicted molar refractivity (Wildman–Crippen MR) is 78.5 cm³/mol. The number of halogens is 1. The van der Waals surface area contributed by atoms with Crippen molar-refractivity contribution in [3.05, 3.63) is 60.2 Å². The normalized spacial score (nSPS) is 11.3. The van der Waals surface area contributed by atoms with Crippen LogP contribution in [0.4, 0.5) is 4.39 Å². The molecule has 2 rings (SSSR count). The summed E-state index contributed by atoms with van der Waals surface area (Å²) >= 11 is 0. The molecule has 0 aliphatic heterocycles. The Morgan fingerprint density at radius 2 is 1.91 bits per heavy atom. The quantitative estimate of drug-likeness (QED) is 0.819. The molecule has 5 nitrogen and oxygen atoms in total. The van der Waals surface area contributed by atoms with E-state index in [1.54, 1.807) is 24.4 Å². The third-order valence-corrected chi connectivity index (χ3v) is 4.87. The number of hydrogen-bond donors (Lipinski definition) is 0. The zero-order valence-corrected chi connectivity index (χ0v) is 12.5. The first-order chi connectivity index (χ1) is 10.6. The van der Waals surface area contributed by atoms with E-state index in [1.807, 2.05) is 6.07 Å². The molecule has 7 heteroatoms. The largest absolute Gasteiger partial charge is 0.260 e. The van der Waals surface area contributed by atoms with E-state index in [0.29, 0.717) is 5.69 Å². The van der Waals surface area contributed by atoms with E-state index in [-0.39, 0.29) is 19.5 Å². The maximum absolute atomic E-state index is 13.8. The molecule has 0 saturated carbocycles. The van der Waals surface area contributed by atoms with Crippen molar-refractivity contribution in [1.82, 2.24) is 9.29 Å². The maximum Gasteiger partial charge on any atom is 0.246 e. The average Bonchev–Trinajstić information content (AvgIpc) is 2.52. The van der Waals surface area contributed by atoms with Crippen LogP contribution in [0.15, 0.2) is 53.6 Å².